The highest BCUT2D eigenvalue weighted by Crippen LogP contribution is 2.38. The Morgan fingerprint density at radius 2 is 1.59 bits per heavy atom. The minimum Gasteiger partial charge on any atom is -0.369 e. The monoisotopic (exact) mass is 441 g/mol. The van der Waals surface area contributed by atoms with Gasteiger partial charge in [0.05, 0.1) is 5.39 Å². The maximum atomic E-state index is 12.4. The Bertz CT molecular complexity index is 1220. The van der Waals surface area contributed by atoms with Crippen molar-refractivity contribution in [1.29, 1.82) is 0 Å². The molecule has 4 nitrogen and oxygen atoms in total. The van der Waals surface area contributed by atoms with E-state index in [1.165, 1.54) is 40.7 Å². The van der Waals surface area contributed by atoms with Crippen LogP contribution >= 0.6 is 11.3 Å². The number of carbonyl (C=O) groups excluding carboxylic acids is 1. The number of hydrogen-bond acceptors (Lipinski definition) is 5. The number of anilines is 1. The van der Waals surface area contributed by atoms with Gasteiger partial charge < -0.3 is 5.32 Å². The van der Waals surface area contributed by atoms with Crippen LogP contribution in [0.4, 0.5) is 5.82 Å². The molecule has 2 aromatic carbocycles. The minimum absolute atomic E-state index is 0.248. The third-order valence-electron chi connectivity index (χ3n) is 6.13. The summed E-state index contributed by atoms with van der Waals surface area (Å²) in [6.45, 7) is 0.822. The van der Waals surface area contributed by atoms with E-state index in [1.807, 2.05) is 41.7 Å². The highest BCUT2D eigenvalue weighted by Gasteiger charge is 2.19. The Hall–Kier alpha value is -3.05. The van der Waals surface area contributed by atoms with E-state index in [9.17, 15) is 4.79 Å². The standard InChI is InChI=1S/C27H27N3OS/c31-22(16-20-6-2-1-3-7-20)17-21-12-10-19(11-13-21)14-15-28-26-25-23-8-4-5-9-24(23)32-27(25)30-18-29-26/h1-3,6-7,10-13,18H,4-5,8-9,14-17H2,(H,28,29,30). The second kappa shape index (κ2) is 9.61. The van der Waals surface area contributed by atoms with Crippen molar-refractivity contribution in [2.75, 3.05) is 11.9 Å². The fraction of sp³-hybridized carbons (Fsp3) is 0.296. The zero-order chi connectivity index (χ0) is 21.8. The van der Waals surface area contributed by atoms with Crippen LogP contribution < -0.4 is 5.32 Å². The van der Waals surface area contributed by atoms with E-state index >= 15 is 0 Å². The van der Waals surface area contributed by atoms with Gasteiger partial charge in [0.1, 0.15) is 22.8 Å². The van der Waals surface area contributed by atoms with Crippen molar-refractivity contribution in [3.63, 3.8) is 0 Å². The zero-order valence-electron chi connectivity index (χ0n) is 18.1. The Morgan fingerprint density at radius 3 is 2.41 bits per heavy atom. The van der Waals surface area contributed by atoms with Gasteiger partial charge in [-0.1, -0.05) is 54.6 Å². The lowest BCUT2D eigenvalue weighted by molar-refractivity contribution is -0.117. The SMILES string of the molecule is O=C(Cc1ccccc1)Cc1ccc(CCNc2ncnc3sc4c(c23)CCCC4)cc1. The highest BCUT2D eigenvalue weighted by molar-refractivity contribution is 7.19. The normalized spacial score (nSPS) is 13.1. The summed E-state index contributed by atoms with van der Waals surface area (Å²) in [4.78, 5) is 24.0. The van der Waals surface area contributed by atoms with Gasteiger partial charge in [0, 0.05) is 24.3 Å². The van der Waals surface area contributed by atoms with Gasteiger partial charge in [-0.25, -0.2) is 9.97 Å². The Morgan fingerprint density at radius 1 is 0.875 bits per heavy atom. The summed E-state index contributed by atoms with van der Waals surface area (Å²) in [6.07, 6.45) is 8.42. The van der Waals surface area contributed by atoms with Gasteiger partial charge in [-0.15, -0.1) is 11.3 Å². The molecule has 1 N–H and O–H groups in total. The molecule has 1 aliphatic carbocycles. The molecule has 32 heavy (non-hydrogen) atoms. The van der Waals surface area contributed by atoms with E-state index in [0.717, 1.165) is 41.2 Å². The lowest BCUT2D eigenvalue weighted by Crippen LogP contribution is -2.08. The van der Waals surface area contributed by atoms with Crippen LogP contribution in [0.2, 0.25) is 0 Å². The third kappa shape index (κ3) is 4.73. The fourth-order valence-electron chi connectivity index (χ4n) is 4.49. The molecule has 4 aromatic rings. The molecule has 0 saturated heterocycles. The molecule has 2 heterocycles. The van der Waals surface area contributed by atoms with E-state index in [1.54, 1.807) is 6.33 Å². The average Bonchev–Trinajstić information content (AvgIpc) is 3.20. The number of thiophene rings is 1. The third-order valence-corrected chi connectivity index (χ3v) is 7.33. The van der Waals surface area contributed by atoms with Crippen LogP contribution in [-0.2, 0) is 36.9 Å². The van der Waals surface area contributed by atoms with Crippen LogP contribution in [0.5, 0.6) is 0 Å². The lowest BCUT2D eigenvalue weighted by atomic mass is 9.97. The fourth-order valence-corrected chi connectivity index (χ4v) is 5.72. The first kappa shape index (κ1) is 20.8. The van der Waals surface area contributed by atoms with E-state index in [4.69, 9.17) is 0 Å². The number of aryl methyl sites for hydroxylation is 2. The number of nitrogens with zero attached hydrogens (tertiary/aromatic N) is 2. The predicted molar refractivity (Wildman–Crippen MR) is 132 cm³/mol. The molecule has 5 heteroatoms. The summed E-state index contributed by atoms with van der Waals surface area (Å²) < 4.78 is 0. The predicted octanol–water partition coefficient (Wildman–Crippen LogP) is 5.58. The second-order valence-corrected chi connectivity index (χ2v) is 9.57. The molecular weight excluding hydrogens is 414 g/mol. The van der Waals surface area contributed by atoms with Gasteiger partial charge in [0.2, 0.25) is 0 Å². The number of Topliss-reactive ketones (excluding diaryl/α,β-unsaturated/α-hetero) is 1. The minimum atomic E-state index is 0.248. The molecule has 0 bridgehead atoms. The van der Waals surface area contributed by atoms with Crippen LogP contribution in [-0.4, -0.2) is 22.3 Å². The number of aromatic nitrogens is 2. The van der Waals surface area contributed by atoms with Crippen molar-refractivity contribution in [1.82, 2.24) is 9.97 Å². The van der Waals surface area contributed by atoms with Crippen molar-refractivity contribution >= 4 is 33.2 Å². The summed E-state index contributed by atoms with van der Waals surface area (Å²) in [7, 11) is 0. The Labute approximate surface area is 192 Å². The van der Waals surface area contributed by atoms with Gasteiger partial charge in [-0.2, -0.15) is 0 Å². The number of nitrogens with one attached hydrogen (secondary N) is 1. The molecule has 0 unspecified atom stereocenters. The van der Waals surface area contributed by atoms with Crippen molar-refractivity contribution in [2.24, 2.45) is 0 Å². The molecule has 0 amide bonds. The number of rotatable bonds is 8. The maximum Gasteiger partial charge on any atom is 0.141 e. The lowest BCUT2D eigenvalue weighted by Gasteiger charge is -2.12. The smallest absolute Gasteiger partial charge is 0.141 e. The number of hydrogen-bond donors (Lipinski definition) is 1. The topological polar surface area (TPSA) is 54.9 Å². The number of benzene rings is 2. The molecule has 5 rings (SSSR count). The number of ketones is 1. The quantitative estimate of drug-likeness (QED) is 0.388. The molecule has 0 saturated carbocycles. The van der Waals surface area contributed by atoms with E-state index < -0.39 is 0 Å². The van der Waals surface area contributed by atoms with Crippen LogP contribution in [0, 0.1) is 0 Å². The summed E-state index contributed by atoms with van der Waals surface area (Å²) in [5.74, 6) is 1.22. The summed E-state index contributed by atoms with van der Waals surface area (Å²) in [6, 6.07) is 18.4. The maximum absolute atomic E-state index is 12.4. The molecule has 0 fully saturated rings. The average molecular weight is 442 g/mol. The Kier molecular flexibility index (Phi) is 6.26. The first-order valence-corrected chi connectivity index (χ1v) is 12.2. The largest absolute Gasteiger partial charge is 0.369 e. The van der Waals surface area contributed by atoms with E-state index in [0.29, 0.717) is 12.8 Å². The van der Waals surface area contributed by atoms with Crippen molar-refractivity contribution in [2.45, 2.75) is 44.9 Å². The second-order valence-electron chi connectivity index (χ2n) is 8.48. The summed E-state index contributed by atoms with van der Waals surface area (Å²) in [5.41, 5.74) is 4.87. The molecule has 0 atom stereocenters. The van der Waals surface area contributed by atoms with Crippen LogP contribution in [0.1, 0.15) is 40.0 Å². The molecule has 162 valence electrons. The van der Waals surface area contributed by atoms with E-state index in [-0.39, 0.29) is 5.78 Å². The summed E-state index contributed by atoms with van der Waals surface area (Å²) >= 11 is 1.83. The van der Waals surface area contributed by atoms with Crippen LogP contribution in [0.3, 0.4) is 0 Å². The molecule has 0 aliphatic heterocycles. The number of carbonyl (C=O) groups is 1. The molecule has 1 aliphatic rings. The molecule has 0 spiro atoms. The molecule has 0 radical (unpaired) electrons. The van der Waals surface area contributed by atoms with Gasteiger partial charge in [-0.05, 0) is 54.4 Å². The van der Waals surface area contributed by atoms with Gasteiger partial charge in [-0.3, -0.25) is 4.79 Å². The Balaban J connectivity index is 1.17. The molecule has 2 aromatic heterocycles. The van der Waals surface area contributed by atoms with Crippen molar-refractivity contribution in [3.05, 3.63) is 88.1 Å². The first-order chi connectivity index (χ1) is 15.8. The van der Waals surface area contributed by atoms with Crippen molar-refractivity contribution in [3.8, 4) is 0 Å². The van der Waals surface area contributed by atoms with E-state index in [2.05, 4.69) is 39.6 Å². The van der Waals surface area contributed by atoms with Gasteiger partial charge >= 0.3 is 0 Å². The first-order valence-electron chi connectivity index (χ1n) is 11.4. The van der Waals surface area contributed by atoms with Crippen LogP contribution in [0.25, 0.3) is 10.2 Å². The van der Waals surface area contributed by atoms with Crippen LogP contribution in [0.15, 0.2) is 60.9 Å². The van der Waals surface area contributed by atoms with Gasteiger partial charge in [0.15, 0.2) is 0 Å². The highest BCUT2D eigenvalue weighted by atomic mass is 32.1. The van der Waals surface area contributed by atoms with Gasteiger partial charge in [0.25, 0.3) is 0 Å². The van der Waals surface area contributed by atoms with Crippen molar-refractivity contribution < 1.29 is 4.79 Å². The summed E-state index contributed by atoms with van der Waals surface area (Å²) in [5, 5.41) is 4.78. The molecular formula is C27H27N3OS. The zero-order valence-corrected chi connectivity index (χ0v) is 19.0. The number of fused-ring (bicyclic) bond motifs is 3.